The molecule has 1 saturated heterocycles. The second-order valence-electron chi connectivity index (χ2n) is 5.05. The highest BCUT2D eigenvalue weighted by molar-refractivity contribution is 5.66. The molecule has 0 bridgehead atoms. The van der Waals surface area contributed by atoms with Crippen LogP contribution < -0.4 is 5.56 Å². The van der Waals surface area contributed by atoms with Gasteiger partial charge in [-0.05, 0) is 12.0 Å². The van der Waals surface area contributed by atoms with Gasteiger partial charge in [0.15, 0.2) is 0 Å². The van der Waals surface area contributed by atoms with E-state index in [9.17, 15) is 4.79 Å². The molecule has 2 aromatic heterocycles. The molecule has 0 saturated carbocycles. The van der Waals surface area contributed by atoms with E-state index in [1.54, 1.807) is 22.4 Å². The van der Waals surface area contributed by atoms with E-state index in [4.69, 9.17) is 4.74 Å². The van der Waals surface area contributed by atoms with Crippen LogP contribution in [-0.4, -0.2) is 27.6 Å². The summed E-state index contributed by atoms with van der Waals surface area (Å²) in [6, 6.07) is 1.74. The second-order valence-corrected chi connectivity index (χ2v) is 5.05. The number of aryl methyl sites for hydroxylation is 2. The van der Waals surface area contributed by atoms with Gasteiger partial charge in [-0.15, -0.1) is 0 Å². The third-order valence-electron chi connectivity index (χ3n) is 3.65. The minimum absolute atomic E-state index is 0.0227. The normalized spacial score (nSPS) is 18.9. The van der Waals surface area contributed by atoms with E-state index >= 15 is 0 Å². The van der Waals surface area contributed by atoms with Crippen LogP contribution in [0.5, 0.6) is 0 Å². The Morgan fingerprint density at radius 1 is 1.37 bits per heavy atom. The molecule has 3 heterocycles. The van der Waals surface area contributed by atoms with Gasteiger partial charge < -0.3 is 9.30 Å². The third kappa shape index (κ3) is 2.21. The summed E-state index contributed by atoms with van der Waals surface area (Å²) in [4.78, 5) is 11.9. The van der Waals surface area contributed by atoms with E-state index < -0.39 is 0 Å². The van der Waals surface area contributed by atoms with Crippen LogP contribution in [0.3, 0.4) is 0 Å². The van der Waals surface area contributed by atoms with E-state index in [2.05, 4.69) is 5.10 Å². The topological polar surface area (TPSA) is 49.0 Å². The van der Waals surface area contributed by atoms with E-state index in [1.807, 2.05) is 25.6 Å². The van der Waals surface area contributed by atoms with E-state index in [0.29, 0.717) is 12.5 Å². The molecule has 0 radical (unpaired) electrons. The predicted molar refractivity (Wildman–Crippen MR) is 72.1 cm³/mol. The van der Waals surface area contributed by atoms with E-state index in [0.717, 1.165) is 29.7 Å². The van der Waals surface area contributed by atoms with Crippen LogP contribution in [0, 0.1) is 0 Å². The quantitative estimate of drug-likeness (QED) is 0.816. The third-order valence-corrected chi connectivity index (χ3v) is 3.65. The van der Waals surface area contributed by atoms with E-state index in [-0.39, 0.29) is 5.56 Å². The summed E-state index contributed by atoms with van der Waals surface area (Å²) >= 11 is 0. The molecule has 1 fully saturated rings. The van der Waals surface area contributed by atoms with Crippen LogP contribution in [0.4, 0.5) is 0 Å². The summed E-state index contributed by atoms with van der Waals surface area (Å²) in [7, 11) is 3.67. The highest BCUT2D eigenvalue weighted by atomic mass is 16.5. The van der Waals surface area contributed by atoms with Crippen molar-refractivity contribution in [2.24, 2.45) is 14.1 Å². The minimum atomic E-state index is 0.0227. The number of pyridine rings is 1. The van der Waals surface area contributed by atoms with E-state index in [1.165, 1.54) is 0 Å². The lowest BCUT2D eigenvalue weighted by atomic mass is 9.92. The first-order valence-electron chi connectivity index (χ1n) is 6.42. The van der Waals surface area contributed by atoms with Gasteiger partial charge in [-0.3, -0.25) is 9.48 Å². The van der Waals surface area contributed by atoms with Crippen molar-refractivity contribution in [2.75, 3.05) is 13.2 Å². The average molecular weight is 259 g/mol. The van der Waals surface area contributed by atoms with Crippen LogP contribution in [0.15, 0.2) is 29.5 Å². The lowest BCUT2D eigenvalue weighted by Crippen LogP contribution is -2.18. The van der Waals surface area contributed by atoms with Crippen LogP contribution >= 0.6 is 0 Å². The van der Waals surface area contributed by atoms with Crippen molar-refractivity contribution in [3.63, 3.8) is 0 Å². The Balaban J connectivity index is 2.15. The maximum Gasteiger partial charge on any atom is 0.250 e. The first-order valence-corrected chi connectivity index (χ1v) is 6.42. The number of hydrogen-bond donors (Lipinski definition) is 0. The molecule has 5 heteroatoms. The van der Waals surface area contributed by atoms with Crippen LogP contribution in [0.25, 0.3) is 11.1 Å². The standard InChI is InChI=1S/C14H17N3O2/c1-16-8-13(11-6-15-17(2)7-11)12(5-14(16)18)10-3-4-19-9-10/h5-8,10H,3-4,9H2,1-2H3. The maximum absolute atomic E-state index is 11.9. The Labute approximate surface area is 111 Å². The Kier molecular flexibility index (Phi) is 2.98. The molecule has 19 heavy (non-hydrogen) atoms. The monoisotopic (exact) mass is 259 g/mol. The van der Waals surface area contributed by atoms with Gasteiger partial charge >= 0.3 is 0 Å². The SMILES string of the molecule is Cn1cc(-c2cn(C)c(=O)cc2C2CCOC2)cn1. The van der Waals surface area contributed by atoms with Gasteiger partial charge in [-0.25, -0.2) is 0 Å². The molecule has 0 spiro atoms. The Hall–Kier alpha value is -1.88. The van der Waals surface area contributed by atoms with Crippen molar-refractivity contribution in [3.05, 3.63) is 40.6 Å². The molecule has 1 unspecified atom stereocenters. The molecule has 0 aliphatic carbocycles. The highest BCUT2D eigenvalue weighted by Gasteiger charge is 2.22. The molecular weight excluding hydrogens is 242 g/mol. The van der Waals surface area contributed by atoms with Crippen molar-refractivity contribution in [1.82, 2.24) is 14.3 Å². The molecule has 1 aliphatic heterocycles. The smallest absolute Gasteiger partial charge is 0.250 e. The molecule has 2 aromatic rings. The predicted octanol–water partition coefficient (Wildman–Crippen LogP) is 1.29. The van der Waals surface area contributed by atoms with Gasteiger partial charge in [-0.1, -0.05) is 0 Å². The van der Waals surface area contributed by atoms with Gasteiger partial charge in [-0.2, -0.15) is 5.10 Å². The first-order chi connectivity index (χ1) is 9.15. The van der Waals surface area contributed by atoms with Crippen molar-refractivity contribution in [3.8, 4) is 11.1 Å². The van der Waals surface area contributed by atoms with Gasteiger partial charge in [0.05, 0.1) is 12.8 Å². The molecule has 1 aliphatic rings. The minimum Gasteiger partial charge on any atom is -0.381 e. The molecule has 100 valence electrons. The van der Waals surface area contributed by atoms with Gasteiger partial charge in [0.25, 0.3) is 5.56 Å². The zero-order chi connectivity index (χ0) is 13.4. The zero-order valence-electron chi connectivity index (χ0n) is 11.2. The summed E-state index contributed by atoms with van der Waals surface area (Å²) in [5.41, 5.74) is 3.22. The van der Waals surface area contributed by atoms with Crippen molar-refractivity contribution >= 4 is 0 Å². The number of hydrogen-bond acceptors (Lipinski definition) is 3. The highest BCUT2D eigenvalue weighted by Crippen LogP contribution is 2.32. The van der Waals surface area contributed by atoms with Crippen LogP contribution in [0.2, 0.25) is 0 Å². The molecule has 1 atom stereocenters. The van der Waals surface area contributed by atoms with Gasteiger partial charge in [0.2, 0.25) is 0 Å². The molecule has 0 amide bonds. The fourth-order valence-corrected chi connectivity index (χ4v) is 2.56. The van der Waals surface area contributed by atoms with Gasteiger partial charge in [0.1, 0.15) is 0 Å². The fraction of sp³-hybridized carbons (Fsp3) is 0.429. The number of nitrogens with zero attached hydrogens (tertiary/aromatic N) is 3. The summed E-state index contributed by atoms with van der Waals surface area (Å²) in [6.07, 6.45) is 6.67. The number of aromatic nitrogens is 3. The summed E-state index contributed by atoms with van der Waals surface area (Å²) in [5, 5.41) is 4.21. The Morgan fingerprint density at radius 2 is 2.21 bits per heavy atom. The second kappa shape index (κ2) is 4.66. The summed E-state index contributed by atoms with van der Waals surface area (Å²) < 4.78 is 8.83. The van der Waals surface area contributed by atoms with Crippen LogP contribution in [-0.2, 0) is 18.8 Å². The van der Waals surface area contributed by atoms with Crippen LogP contribution in [0.1, 0.15) is 17.9 Å². The largest absolute Gasteiger partial charge is 0.381 e. The fourth-order valence-electron chi connectivity index (χ4n) is 2.56. The number of ether oxygens (including phenoxy) is 1. The molecular formula is C14H17N3O2. The molecule has 0 N–H and O–H groups in total. The lowest BCUT2D eigenvalue weighted by molar-refractivity contribution is 0.194. The summed E-state index contributed by atoms with van der Waals surface area (Å²) in [5.74, 6) is 0.309. The van der Waals surface area contributed by atoms with Crippen molar-refractivity contribution in [1.29, 1.82) is 0 Å². The average Bonchev–Trinajstić information content (AvgIpc) is 3.03. The maximum atomic E-state index is 11.9. The molecule has 3 rings (SSSR count). The zero-order valence-corrected chi connectivity index (χ0v) is 11.2. The molecule has 0 aromatic carbocycles. The van der Waals surface area contributed by atoms with Crippen molar-refractivity contribution < 1.29 is 4.74 Å². The Bertz CT molecular complexity index is 651. The Morgan fingerprint density at radius 3 is 2.84 bits per heavy atom. The van der Waals surface area contributed by atoms with Crippen molar-refractivity contribution in [2.45, 2.75) is 12.3 Å². The molecule has 5 nitrogen and oxygen atoms in total. The first kappa shape index (κ1) is 12.2. The summed E-state index contributed by atoms with van der Waals surface area (Å²) in [6.45, 7) is 1.47. The number of rotatable bonds is 2. The lowest BCUT2D eigenvalue weighted by Gasteiger charge is -2.14. The van der Waals surface area contributed by atoms with Gasteiger partial charge in [0, 0.05) is 56.2 Å².